The first-order chi connectivity index (χ1) is 23.0. The van der Waals surface area contributed by atoms with Crippen molar-refractivity contribution in [3.63, 3.8) is 0 Å². The lowest BCUT2D eigenvalue weighted by atomic mass is 10.0. The average molecular weight is 662 g/mol. The first-order valence-electron chi connectivity index (χ1n) is 20.3. The molecule has 3 atom stereocenters. The molecule has 0 spiro atoms. The third-order valence-electron chi connectivity index (χ3n) is 9.20. The SMILES string of the molecule is CCCCC/C=C\C=C/CCCCCCCCCCC(O)CC(=O)NC(CO)C(O)/C=C/CCCCCCCCCCCCCCC. The van der Waals surface area contributed by atoms with Gasteiger partial charge in [-0.1, -0.05) is 185 Å². The van der Waals surface area contributed by atoms with Crippen LogP contribution in [0.1, 0.15) is 200 Å². The van der Waals surface area contributed by atoms with E-state index in [2.05, 4.69) is 43.5 Å². The van der Waals surface area contributed by atoms with Crippen molar-refractivity contribution in [3.05, 3.63) is 36.5 Å². The van der Waals surface area contributed by atoms with E-state index in [9.17, 15) is 20.1 Å². The third-order valence-corrected chi connectivity index (χ3v) is 9.20. The van der Waals surface area contributed by atoms with Gasteiger partial charge in [0, 0.05) is 0 Å². The summed E-state index contributed by atoms with van der Waals surface area (Å²) in [5.41, 5.74) is 0. The van der Waals surface area contributed by atoms with Gasteiger partial charge in [0.1, 0.15) is 0 Å². The van der Waals surface area contributed by atoms with Gasteiger partial charge in [0.15, 0.2) is 0 Å². The highest BCUT2D eigenvalue weighted by atomic mass is 16.3. The summed E-state index contributed by atoms with van der Waals surface area (Å²) < 4.78 is 0. The zero-order valence-electron chi connectivity index (χ0n) is 31.2. The van der Waals surface area contributed by atoms with Crippen molar-refractivity contribution in [2.75, 3.05) is 6.61 Å². The molecular formula is C42H79NO4. The summed E-state index contributed by atoms with van der Waals surface area (Å²) in [6, 6.07) is -0.745. The highest BCUT2D eigenvalue weighted by Crippen LogP contribution is 2.15. The number of aliphatic hydroxyl groups excluding tert-OH is 3. The van der Waals surface area contributed by atoms with E-state index in [1.807, 2.05) is 6.08 Å². The van der Waals surface area contributed by atoms with Crippen molar-refractivity contribution in [2.45, 2.75) is 218 Å². The molecule has 0 aliphatic rings. The Labute approximate surface area is 292 Å². The van der Waals surface area contributed by atoms with Gasteiger partial charge in [-0.2, -0.15) is 0 Å². The Morgan fingerprint density at radius 3 is 1.40 bits per heavy atom. The molecule has 1 amide bonds. The van der Waals surface area contributed by atoms with E-state index in [0.717, 1.165) is 25.7 Å². The Morgan fingerprint density at radius 1 is 0.553 bits per heavy atom. The summed E-state index contributed by atoms with van der Waals surface area (Å²) in [4.78, 5) is 12.4. The Kier molecular flexibility index (Phi) is 36.3. The molecule has 0 saturated carbocycles. The fourth-order valence-electron chi connectivity index (χ4n) is 6.04. The summed E-state index contributed by atoms with van der Waals surface area (Å²) in [6.07, 6.45) is 45.5. The molecule has 0 radical (unpaired) electrons. The first-order valence-corrected chi connectivity index (χ1v) is 20.3. The fraction of sp³-hybridized carbons (Fsp3) is 0.833. The van der Waals surface area contributed by atoms with Crippen molar-refractivity contribution in [1.29, 1.82) is 0 Å². The second-order valence-corrected chi connectivity index (χ2v) is 13.9. The second-order valence-electron chi connectivity index (χ2n) is 13.9. The van der Waals surface area contributed by atoms with Gasteiger partial charge >= 0.3 is 0 Å². The van der Waals surface area contributed by atoms with E-state index in [0.29, 0.717) is 6.42 Å². The highest BCUT2D eigenvalue weighted by molar-refractivity contribution is 5.76. The molecule has 5 heteroatoms. The van der Waals surface area contributed by atoms with Crippen molar-refractivity contribution >= 4 is 5.91 Å². The molecular weight excluding hydrogens is 582 g/mol. The van der Waals surface area contributed by atoms with Gasteiger partial charge in [-0.05, 0) is 44.9 Å². The Morgan fingerprint density at radius 2 is 0.936 bits per heavy atom. The summed E-state index contributed by atoms with van der Waals surface area (Å²) in [6.45, 7) is 4.17. The van der Waals surface area contributed by atoms with Crippen LogP contribution >= 0.6 is 0 Å². The van der Waals surface area contributed by atoms with Crippen LogP contribution < -0.4 is 5.32 Å². The zero-order valence-corrected chi connectivity index (χ0v) is 31.2. The Balaban J connectivity index is 3.72. The van der Waals surface area contributed by atoms with Gasteiger partial charge in [0.2, 0.25) is 5.91 Å². The van der Waals surface area contributed by atoms with Crippen molar-refractivity contribution in [2.24, 2.45) is 0 Å². The lowest BCUT2D eigenvalue weighted by Gasteiger charge is -2.21. The van der Waals surface area contributed by atoms with Crippen LogP contribution in [-0.4, -0.2) is 46.1 Å². The average Bonchev–Trinajstić information content (AvgIpc) is 3.06. The van der Waals surface area contributed by atoms with E-state index in [1.54, 1.807) is 6.08 Å². The number of aliphatic hydroxyl groups is 3. The fourth-order valence-corrected chi connectivity index (χ4v) is 6.04. The van der Waals surface area contributed by atoms with Crippen LogP contribution in [0.25, 0.3) is 0 Å². The number of carbonyl (C=O) groups excluding carboxylic acids is 1. The lowest BCUT2D eigenvalue weighted by Crippen LogP contribution is -2.45. The zero-order chi connectivity index (χ0) is 34.5. The van der Waals surface area contributed by atoms with Crippen LogP contribution in [0.4, 0.5) is 0 Å². The molecule has 4 N–H and O–H groups in total. The van der Waals surface area contributed by atoms with Gasteiger partial charge < -0.3 is 20.6 Å². The van der Waals surface area contributed by atoms with E-state index in [-0.39, 0.29) is 18.9 Å². The van der Waals surface area contributed by atoms with E-state index >= 15 is 0 Å². The Hall–Kier alpha value is -1.43. The summed E-state index contributed by atoms with van der Waals surface area (Å²) in [7, 11) is 0. The predicted octanol–water partition coefficient (Wildman–Crippen LogP) is 11.2. The van der Waals surface area contributed by atoms with E-state index in [4.69, 9.17) is 0 Å². The minimum Gasteiger partial charge on any atom is -0.394 e. The molecule has 0 aromatic rings. The second kappa shape index (κ2) is 37.4. The Bertz CT molecular complexity index is 734. The first kappa shape index (κ1) is 45.6. The third kappa shape index (κ3) is 34.2. The number of nitrogens with one attached hydrogen (secondary N) is 1. The van der Waals surface area contributed by atoms with Crippen LogP contribution in [0.2, 0.25) is 0 Å². The molecule has 47 heavy (non-hydrogen) atoms. The summed E-state index contributed by atoms with van der Waals surface area (Å²) in [5.74, 6) is -0.321. The van der Waals surface area contributed by atoms with E-state index < -0.39 is 18.2 Å². The van der Waals surface area contributed by atoms with Gasteiger partial charge in [-0.3, -0.25) is 4.79 Å². The summed E-state index contributed by atoms with van der Waals surface area (Å²) in [5, 5.41) is 33.1. The number of allylic oxidation sites excluding steroid dienone is 5. The molecule has 0 aliphatic carbocycles. The number of unbranched alkanes of at least 4 members (excludes halogenated alkanes) is 24. The molecule has 0 rings (SSSR count). The number of amides is 1. The molecule has 276 valence electrons. The van der Waals surface area contributed by atoms with Gasteiger partial charge in [-0.25, -0.2) is 0 Å². The maximum atomic E-state index is 12.4. The molecule has 0 aromatic heterocycles. The molecule has 5 nitrogen and oxygen atoms in total. The number of hydrogen-bond acceptors (Lipinski definition) is 4. The van der Waals surface area contributed by atoms with Crippen LogP contribution in [0, 0.1) is 0 Å². The van der Waals surface area contributed by atoms with Crippen molar-refractivity contribution < 1.29 is 20.1 Å². The van der Waals surface area contributed by atoms with Crippen molar-refractivity contribution in [1.82, 2.24) is 5.32 Å². The molecule has 0 heterocycles. The van der Waals surface area contributed by atoms with Crippen LogP contribution in [0.15, 0.2) is 36.5 Å². The van der Waals surface area contributed by atoms with Crippen LogP contribution in [0.5, 0.6) is 0 Å². The maximum Gasteiger partial charge on any atom is 0.222 e. The van der Waals surface area contributed by atoms with Crippen LogP contribution in [0.3, 0.4) is 0 Å². The topological polar surface area (TPSA) is 89.8 Å². The summed E-state index contributed by atoms with van der Waals surface area (Å²) >= 11 is 0. The molecule has 0 bridgehead atoms. The standard InChI is InChI=1S/C42H79NO4/c1-3-5-7-9-11-13-15-17-19-20-22-23-25-27-29-31-33-35-39(45)37-42(47)43-40(38-44)41(46)36-34-32-30-28-26-24-21-18-16-14-12-10-8-6-4-2/h11,13,15,17,34,36,39-41,44-46H,3-10,12,14,16,18-33,35,37-38H2,1-2H3,(H,43,47)/b13-11-,17-15-,36-34+. The van der Waals surface area contributed by atoms with Gasteiger partial charge in [0.05, 0.1) is 31.3 Å². The number of carbonyl (C=O) groups is 1. The lowest BCUT2D eigenvalue weighted by molar-refractivity contribution is -0.124. The molecule has 0 fully saturated rings. The predicted molar refractivity (Wildman–Crippen MR) is 204 cm³/mol. The monoisotopic (exact) mass is 662 g/mol. The molecule has 0 saturated heterocycles. The minimum atomic E-state index is -0.929. The smallest absolute Gasteiger partial charge is 0.222 e. The normalized spacial score (nSPS) is 14.1. The number of hydrogen-bond donors (Lipinski definition) is 4. The number of rotatable bonds is 36. The highest BCUT2D eigenvalue weighted by Gasteiger charge is 2.20. The maximum absolute atomic E-state index is 12.4. The van der Waals surface area contributed by atoms with E-state index in [1.165, 1.54) is 148 Å². The molecule has 0 aromatic carbocycles. The van der Waals surface area contributed by atoms with Gasteiger partial charge in [-0.15, -0.1) is 0 Å². The molecule has 0 aliphatic heterocycles. The van der Waals surface area contributed by atoms with Crippen molar-refractivity contribution in [3.8, 4) is 0 Å². The quantitative estimate of drug-likeness (QED) is 0.0305. The minimum absolute atomic E-state index is 0.00892. The van der Waals surface area contributed by atoms with Gasteiger partial charge in [0.25, 0.3) is 0 Å². The van der Waals surface area contributed by atoms with Crippen LogP contribution in [-0.2, 0) is 4.79 Å². The largest absolute Gasteiger partial charge is 0.394 e. The molecule has 3 unspecified atom stereocenters.